The molecule has 1 heterocycles. The summed E-state index contributed by atoms with van der Waals surface area (Å²) in [5.41, 5.74) is 0.0380. The highest BCUT2D eigenvalue weighted by atomic mass is 79.9. The van der Waals surface area contributed by atoms with Gasteiger partial charge < -0.3 is 4.74 Å². The molecule has 0 fully saturated rings. The van der Waals surface area contributed by atoms with Gasteiger partial charge in [0.05, 0.1) is 24.0 Å². The van der Waals surface area contributed by atoms with Crippen LogP contribution in [-0.4, -0.2) is 16.9 Å². The zero-order chi connectivity index (χ0) is 13.3. The average molecular weight is 350 g/mol. The zero-order valence-corrected chi connectivity index (χ0v) is 12.3. The predicted octanol–water partition coefficient (Wildman–Crippen LogP) is 3.31. The van der Waals surface area contributed by atoms with Crippen molar-refractivity contribution in [2.24, 2.45) is 0 Å². The Bertz CT molecular complexity index is 658. The van der Waals surface area contributed by atoms with Gasteiger partial charge in [-0.05, 0) is 34.1 Å². The smallest absolute Gasteiger partial charge is 0.289 e. The second-order valence-corrected chi connectivity index (χ2v) is 4.98. The number of aromatic nitrogens is 2. The molecule has 0 aliphatic rings. The highest BCUT2D eigenvalue weighted by Gasteiger charge is 2.12. The first-order valence-corrected chi connectivity index (χ1v) is 6.36. The van der Waals surface area contributed by atoms with Crippen molar-refractivity contribution < 1.29 is 4.74 Å². The Kier molecular flexibility index (Phi) is 3.94. The predicted molar refractivity (Wildman–Crippen MR) is 74.1 cm³/mol. The highest BCUT2D eigenvalue weighted by Crippen LogP contribution is 2.24. The Morgan fingerprint density at radius 3 is 2.78 bits per heavy atom. The second kappa shape index (κ2) is 5.30. The van der Waals surface area contributed by atoms with Crippen molar-refractivity contribution in [3.05, 3.63) is 49.3 Å². The van der Waals surface area contributed by atoms with Crippen LogP contribution in [0.2, 0.25) is 10.0 Å². The molecule has 0 aliphatic heterocycles. The third kappa shape index (κ3) is 2.39. The van der Waals surface area contributed by atoms with Crippen LogP contribution in [-0.2, 0) is 0 Å². The van der Waals surface area contributed by atoms with Gasteiger partial charge in [-0.3, -0.25) is 4.79 Å². The number of nitrogens with zero attached hydrogens (tertiary/aromatic N) is 2. The van der Waals surface area contributed by atoms with Crippen LogP contribution >= 0.6 is 39.1 Å². The fraction of sp³-hybridized carbons (Fsp3) is 0.0909. The summed E-state index contributed by atoms with van der Waals surface area (Å²) in [7, 11) is 1.46. The fourth-order valence-corrected chi connectivity index (χ4v) is 2.18. The van der Waals surface area contributed by atoms with E-state index in [0.29, 0.717) is 21.5 Å². The Morgan fingerprint density at radius 2 is 2.11 bits per heavy atom. The molecular weight excluding hydrogens is 343 g/mol. The third-order valence-electron chi connectivity index (χ3n) is 2.24. The van der Waals surface area contributed by atoms with Crippen LogP contribution in [0, 0.1) is 0 Å². The Hall–Kier alpha value is -1.04. The van der Waals surface area contributed by atoms with Gasteiger partial charge in [0, 0.05) is 5.02 Å². The van der Waals surface area contributed by atoms with E-state index in [0.717, 1.165) is 4.68 Å². The minimum absolute atomic E-state index is 0.274. The molecule has 0 aliphatic carbocycles. The Morgan fingerprint density at radius 1 is 1.39 bits per heavy atom. The van der Waals surface area contributed by atoms with E-state index >= 15 is 0 Å². The minimum Gasteiger partial charge on any atom is -0.494 e. The van der Waals surface area contributed by atoms with Gasteiger partial charge in [0.2, 0.25) is 0 Å². The maximum Gasteiger partial charge on any atom is 0.289 e. The lowest BCUT2D eigenvalue weighted by Gasteiger charge is -2.09. The third-order valence-corrected chi connectivity index (χ3v) is 3.53. The summed E-state index contributed by atoms with van der Waals surface area (Å²) >= 11 is 15.1. The molecule has 4 nitrogen and oxygen atoms in total. The van der Waals surface area contributed by atoms with E-state index < -0.39 is 0 Å². The van der Waals surface area contributed by atoms with Crippen molar-refractivity contribution in [2.45, 2.75) is 0 Å². The van der Waals surface area contributed by atoms with Crippen molar-refractivity contribution in [1.82, 2.24) is 9.78 Å². The molecule has 0 amide bonds. The van der Waals surface area contributed by atoms with Crippen LogP contribution in [0.3, 0.4) is 0 Å². The summed E-state index contributed by atoms with van der Waals surface area (Å²) in [5.74, 6) is 0.356. The maximum absolute atomic E-state index is 12.1. The molecule has 18 heavy (non-hydrogen) atoms. The number of benzene rings is 1. The molecule has 1 aromatic carbocycles. The highest BCUT2D eigenvalue weighted by molar-refractivity contribution is 9.10. The maximum atomic E-state index is 12.1. The van der Waals surface area contributed by atoms with Crippen molar-refractivity contribution in [2.75, 3.05) is 7.11 Å². The molecule has 0 bridgehead atoms. The van der Waals surface area contributed by atoms with Gasteiger partial charge in [0.15, 0.2) is 5.75 Å². The standard InChI is InChI=1S/C11H7BrCl2N2O2/c1-18-9-5-15-16(11(17)10(9)12)8-4-6(13)2-3-7(8)14/h2-5H,1H3. The molecule has 0 N–H and O–H groups in total. The molecule has 2 aromatic rings. The van der Waals surface area contributed by atoms with E-state index in [1.807, 2.05) is 0 Å². The summed E-state index contributed by atoms with van der Waals surface area (Å²) < 4.78 is 6.42. The summed E-state index contributed by atoms with van der Waals surface area (Å²) in [6, 6.07) is 4.81. The quantitative estimate of drug-likeness (QED) is 0.835. The summed E-state index contributed by atoms with van der Waals surface area (Å²) in [6.07, 6.45) is 1.42. The van der Waals surface area contributed by atoms with Crippen molar-refractivity contribution in [3.8, 4) is 11.4 Å². The normalized spacial score (nSPS) is 10.4. The topological polar surface area (TPSA) is 44.1 Å². The molecule has 0 saturated carbocycles. The molecule has 94 valence electrons. The molecule has 0 atom stereocenters. The van der Waals surface area contributed by atoms with Crippen molar-refractivity contribution >= 4 is 39.1 Å². The molecule has 2 rings (SSSR count). The fourth-order valence-electron chi connectivity index (χ4n) is 1.38. The summed E-state index contributed by atoms with van der Waals surface area (Å²) in [5, 5.41) is 4.84. The first-order chi connectivity index (χ1) is 8.54. The van der Waals surface area contributed by atoms with E-state index in [1.165, 1.54) is 13.3 Å². The van der Waals surface area contributed by atoms with E-state index in [-0.39, 0.29) is 10.0 Å². The Balaban J connectivity index is 2.69. The molecule has 0 spiro atoms. The number of methoxy groups -OCH3 is 1. The summed E-state index contributed by atoms with van der Waals surface area (Å²) in [6.45, 7) is 0. The number of ether oxygens (including phenoxy) is 1. The van der Waals surface area contributed by atoms with E-state index in [2.05, 4.69) is 21.0 Å². The van der Waals surface area contributed by atoms with Gasteiger partial charge in [-0.25, -0.2) is 0 Å². The van der Waals surface area contributed by atoms with Gasteiger partial charge in [0.25, 0.3) is 5.56 Å². The first kappa shape index (κ1) is 13.4. The molecule has 1 aromatic heterocycles. The largest absolute Gasteiger partial charge is 0.494 e. The number of hydrogen-bond acceptors (Lipinski definition) is 3. The molecule has 7 heteroatoms. The first-order valence-electron chi connectivity index (χ1n) is 4.82. The van der Waals surface area contributed by atoms with Crippen LogP contribution in [0.4, 0.5) is 0 Å². The molecule has 0 unspecified atom stereocenters. The van der Waals surface area contributed by atoms with E-state index in [1.54, 1.807) is 18.2 Å². The lowest BCUT2D eigenvalue weighted by atomic mass is 10.3. The lowest BCUT2D eigenvalue weighted by molar-refractivity contribution is 0.406. The molecule has 0 radical (unpaired) electrons. The van der Waals surface area contributed by atoms with Gasteiger partial charge in [-0.2, -0.15) is 9.78 Å². The zero-order valence-electron chi connectivity index (χ0n) is 9.15. The van der Waals surface area contributed by atoms with Crippen LogP contribution in [0.1, 0.15) is 0 Å². The van der Waals surface area contributed by atoms with Gasteiger partial charge >= 0.3 is 0 Å². The number of hydrogen-bond donors (Lipinski definition) is 0. The van der Waals surface area contributed by atoms with Gasteiger partial charge in [0.1, 0.15) is 4.47 Å². The van der Waals surface area contributed by atoms with Crippen molar-refractivity contribution in [3.63, 3.8) is 0 Å². The molecule has 0 saturated heterocycles. The van der Waals surface area contributed by atoms with Crippen LogP contribution in [0.25, 0.3) is 5.69 Å². The lowest BCUT2D eigenvalue weighted by Crippen LogP contribution is -2.22. The van der Waals surface area contributed by atoms with E-state index in [4.69, 9.17) is 27.9 Å². The minimum atomic E-state index is -0.376. The van der Waals surface area contributed by atoms with Crippen molar-refractivity contribution in [1.29, 1.82) is 0 Å². The number of rotatable bonds is 2. The van der Waals surface area contributed by atoms with Crippen LogP contribution in [0.5, 0.6) is 5.75 Å². The van der Waals surface area contributed by atoms with E-state index in [9.17, 15) is 4.79 Å². The average Bonchev–Trinajstić information content (AvgIpc) is 2.36. The second-order valence-electron chi connectivity index (χ2n) is 3.34. The van der Waals surface area contributed by atoms with Gasteiger partial charge in [-0.1, -0.05) is 23.2 Å². The SMILES string of the molecule is COc1cnn(-c2cc(Cl)ccc2Cl)c(=O)c1Br. The monoisotopic (exact) mass is 348 g/mol. The van der Waals surface area contributed by atoms with Crippen LogP contribution < -0.4 is 10.3 Å². The summed E-state index contributed by atoms with van der Waals surface area (Å²) in [4.78, 5) is 12.1. The van der Waals surface area contributed by atoms with Crippen LogP contribution in [0.15, 0.2) is 33.7 Å². The Labute approximate surface area is 121 Å². The van der Waals surface area contributed by atoms with Gasteiger partial charge in [-0.15, -0.1) is 0 Å². The molecular formula is C11H7BrCl2N2O2. The number of halogens is 3.